The van der Waals surface area contributed by atoms with Gasteiger partial charge in [0.05, 0.1) is 23.8 Å². The maximum atomic E-state index is 12.5. The van der Waals surface area contributed by atoms with Crippen molar-refractivity contribution >= 4 is 29.1 Å². The Bertz CT molecular complexity index is 879. The highest BCUT2D eigenvalue weighted by Crippen LogP contribution is 2.23. The first-order valence-electron chi connectivity index (χ1n) is 9.81. The maximum absolute atomic E-state index is 12.5. The molecule has 0 saturated carbocycles. The summed E-state index contributed by atoms with van der Waals surface area (Å²) in [5.41, 5.74) is 0.953. The minimum atomic E-state index is -0.277. The van der Waals surface area contributed by atoms with Gasteiger partial charge in [-0.2, -0.15) is 0 Å². The van der Waals surface area contributed by atoms with E-state index in [4.69, 9.17) is 21.1 Å². The van der Waals surface area contributed by atoms with Gasteiger partial charge in [0, 0.05) is 35.9 Å². The molecule has 30 heavy (non-hydrogen) atoms. The van der Waals surface area contributed by atoms with E-state index in [1.165, 1.54) is 6.20 Å². The van der Waals surface area contributed by atoms with Gasteiger partial charge in [-0.1, -0.05) is 11.6 Å². The Balaban J connectivity index is 1.50. The summed E-state index contributed by atoms with van der Waals surface area (Å²) < 4.78 is 11.1. The highest BCUT2D eigenvalue weighted by molar-refractivity contribution is 6.30. The van der Waals surface area contributed by atoms with Crippen LogP contribution in [0.5, 0.6) is 5.88 Å². The molecule has 1 unspecified atom stereocenters. The molecule has 2 aromatic rings. The number of nitrogens with one attached hydrogen (secondary N) is 1. The first kappa shape index (κ1) is 22.1. The van der Waals surface area contributed by atoms with Gasteiger partial charge in [-0.05, 0) is 51.1 Å². The van der Waals surface area contributed by atoms with E-state index in [0.717, 1.165) is 5.69 Å². The zero-order valence-electron chi connectivity index (χ0n) is 17.4. The summed E-state index contributed by atoms with van der Waals surface area (Å²) in [6.07, 6.45) is 1.71. The molecule has 1 aliphatic rings. The lowest BCUT2D eigenvalue weighted by atomic mass is 10.2. The van der Waals surface area contributed by atoms with E-state index in [1.54, 1.807) is 41.3 Å². The molecule has 1 fully saturated rings. The molecule has 1 saturated heterocycles. The molecule has 0 aliphatic carbocycles. The molecular weight excluding hydrogens is 406 g/mol. The molecule has 2 heterocycles. The molecule has 1 atom stereocenters. The van der Waals surface area contributed by atoms with Crippen molar-refractivity contribution in [3.8, 4) is 5.88 Å². The topological polar surface area (TPSA) is 80.8 Å². The third-order valence-electron chi connectivity index (χ3n) is 4.47. The molecule has 160 valence electrons. The second kappa shape index (κ2) is 9.45. The number of aromatic nitrogens is 1. The van der Waals surface area contributed by atoms with Crippen LogP contribution in [-0.2, 0) is 9.53 Å². The van der Waals surface area contributed by atoms with Gasteiger partial charge in [-0.3, -0.25) is 9.59 Å². The van der Waals surface area contributed by atoms with E-state index in [1.807, 2.05) is 20.8 Å². The molecule has 1 aromatic carbocycles. The highest BCUT2D eigenvalue weighted by Gasteiger charge is 2.31. The SMILES string of the molecule is CC(C)(C)OCCOc1ccc(C(=O)NC2CC(=O)N(c3ccc(Cl)cc3)C2)cn1. The number of anilines is 1. The maximum Gasteiger partial charge on any atom is 0.253 e. The molecule has 1 aromatic heterocycles. The van der Waals surface area contributed by atoms with Crippen LogP contribution < -0.4 is 15.0 Å². The second-order valence-corrected chi connectivity index (χ2v) is 8.49. The van der Waals surface area contributed by atoms with Crippen LogP contribution in [0.25, 0.3) is 0 Å². The second-order valence-electron chi connectivity index (χ2n) is 8.05. The standard InChI is InChI=1S/C22H26ClN3O4/c1-22(2,3)30-11-10-29-19-9-4-15(13-24-19)21(28)25-17-12-20(27)26(14-17)18-7-5-16(23)6-8-18/h4-9,13,17H,10-12,14H2,1-3H3,(H,25,28). The summed E-state index contributed by atoms with van der Waals surface area (Å²) >= 11 is 5.90. The van der Waals surface area contributed by atoms with Crippen LogP contribution in [0.3, 0.4) is 0 Å². The van der Waals surface area contributed by atoms with Crippen molar-refractivity contribution in [3.05, 3.63) is 53.2 Å². The van der Waals surface area contributed by atoms with Gasteiger partial charge in [0.2, 0.25) is 11.8 Å². The van der Waals surface area contributed by atoms with Crippen LogP contribution in [0.2, 0.25) is 5.02 Å². The molecule has 3 rings (SSSR count). The Morgan fingerprint density at radius 2 is 1.93 bits per heavy atom. The minimum absolute atomic E-state index is 0.0398. The van der Waals surface area contributed by atoms with E-state index in [0.29, 0.717) is 36.2 Å². The van der Waals surface area contributed by atoms with E-state index in [-0.39, 0.29) is 29.9 Å². The zero-order valence-corrected chi connectivity index (χ0v) is 18.1. The number of carbonyl (C=O) groups excluding carboxylic acids is 2. The number of nitrogens with zero attached hydrogens (tertiary/aromatic N) is 2. The van der Waals surface area contributed by atoms with Crippen molar-refractivity contribution in [1.82, 2.24) is 10.3 Å². The number of halogens is 1. The number of benzene rings is 1. The van der Waals surface area contributed by atoms with Gasteiger partial charge in [-0.15, -0.1) is 0 Å². The summed E-state index contributed by atoms with van der Waals surface area (Å²) in [6, 6.07) is 10.1. The Hall–Kier alpha value is -2.64. The first-order chi connectivity index (χ1) is 14.2. The van der Waals surface area contributed by atoms with E-state index >= 15 is 0 Å². The largest absolute Gasteiger partial charge is 0.475 e. The van der Waals surface area contributed by atoms with Crippen molar-refractivity contribution in [1.29, 1.82) is 0 Å². The molecule has 7 nitrogen and oxygen atoms in total. The molecule has 0 spiro atoms. The summed E-state index contributed by atoms with van der Waals surface area (Å²) in [5, 5.41) is 3.50. The number of pyridine rings is 1. The van der Waals surface area contributed by atoms with Crippen molar-refractivity contribution in [2.45, 2.75) is 38.8 Å². The number of amides is 2. The van der Waals surface area contributed by atoms with Crippen LogP contribution in [0.1, 0.15) is 37.6 Å². The van der Waals surface area contributed by atoms with Gasteiger partial charge in [0.1, 0.15) is 6.61 Å². The molecule has 0 bridgehead atoms. The quantitative estimate of drug-likeness (QED) is 0.679. The molecule has 1 N–H and O–H groups in total. The lowest BCUT2D eigenvalue weighted by Crippen LogP contribution is -2.37. The number of carbonyl (C=O) groups is 2. The zero-order chi connectivity index (χ0) is 21.7. The minimum Gasteiger partial charge on any atom is -0.475 e. The Morgan fingerprint density at radius 1 is 1.20 bits per heavy atom. The lowest BCUT2D eigenvalue weighted by Gasteiger charge is -2.19. The Labute approximate surface area is 181 Å². The number of hydrogen-bond acceptors (Lipinski definition) is 5. The van der Waals surface area contributed by atoms with Gasteiger partial charge in [0.25, 0.3) is 5.91 Å². The summed E-state index contributed by atoms with van der Waals surface area (Å²) in [7, 11) is 0. The number of rotatable bonds is 7. The predicted octanol–water partition coefficient (Wildman–Crippen LogP) is 3.46. The first-order valence-corrected chi connectivity index (χ1v) is 10.2. The molecular formula is C22H26ClN3O4. The summed E-state index contributed by atoms with van der Waals surface area (Å²) in [4.78, 5) is 30.7. The van der Waals surface area contributed by atoms with Gasteiger partial charge in [-0.25, -0.2) is 4.98 Å². The predicted molar refractivity (Wildman–Crippen MR) is 115 cm³/mol. The Morgan fingerprint density at radius 3 is 2.57 bits per heavy atom. The van der Waals surface area contributed by atoms with Crippen molar-refractivity contribution in [2.75, 3.05) is 24.7 Å². The van der Waals surface area contributed by atoms with E-state index in [9.17, 15) is 9.59 Å². The number of hydrogen-bond donors (Lipinski definition) is 1. The normalized spacial score (nSPS) is 16.6. The molecule has 8 heteroatoms. The smallest absolute Gasteiger partial charge is 0.253 e. The van der Waals surface area contributed by atoms with Crippen LogP contribution >= 0.6 is 11.6 Å². The molecule has 2 amide bonds. The van der Waals surface area contributed by atoms with Crippen LogP contribution in [-0.4, -0.2) is 48.2 Å². The summed E-state index contributed by atoms with van der Waals surface area (Å²) in [6.45, 7) is 7.17. The lowest BCUT2D eigenvalue weighted by molar-refractivity contribution is -0.117. The van der Waals surface area contributed by atoms with Crippen LogP contribution in [0, 0.1) is 0 Å². The summed E-state index contributed by atoms with van der Waals surface area (Å²) in [5.74, 6) is 0.108. The van der Waals surface area contributed by atoms with Crippen molar-refractivity contribution in [3.63, 3.8) is 0 Å². The molecule has 1 aliphatic heterocycles. The van der Waals surface area contributed by atoms with Crippen LogP contribution in [0.4, 0.5) is 5.69 Å². The highest BCUT2D eigenvalue weighted by atomic mass is 35.5. The van der Waals surface area contributed by atoms with Gasteiger partial charge >= 0.3 is 0 Å². The average Bonchev–Trinajstić information content (AvgIpc) is 3.05. The fourth-order valence-electron chi connectivity index (χ4n) is 3.04. The third kappa shape index (κ3) is 6.18. The fourth-order valence-corrected chi connectivity index (χ4v) is 3.16. The molecule has 0 radical (unpaired) electrons. The van der Waals surface area contributed by atoms with E-state index < -0.39 is 0 Å². The van der Waals surface area contributed by atoms with Crippen molar-refractivity contribution in [2.24, 2.45) is 0 Å². The van der Waals surface area contributed by atoms with Crippen LogP contribution in [0.15, 0.2) is 42.6 Å². The fraction of sp³-hybridized carbons (Fsp3) is 0.409. The van der Waals surface area contributed by atoms with E-state index in [2.05, 4.69) is 10.3 Å². The third-order valence-corrected chi connectivity index (χ3v) is 4.72. The number of ether oxygens (including phenoxy) is 2. The average molecular weight is 432 g/mol. The van der Waals surface area contributed by atoms with Crippen molar-refractivity contribution < 1.29 is 19.1 Å². The Kier molecular flexibility index (Phi) is 6.95. The van der Waals surface area contributed by atoms with Gasteiger partial charge < -0.3 is 19.7 Å². The monoisotopic (exact) mass is 431 g/mol. The van der Waals surface area contributed by atoms with Gasteiger partial charge in [0.15, 0.2) is 0 Å².